The fraction of sp³-hybridized carbons (Fsp3) is 0.273. The Hall–Kier alpha value is -1.15. The summed E-state index contributed by atoms with van der Waals surface area (Å²) in [4.78, 5) is 0. The van der Waals surface area contributed by atoms with E-state index in [1.54, 1.807) is 0 Å². The molecule has 0 atom stereocenters. The van der Waals surface area contributed by atoms with E-state index >= 15 is 0 Å². The lowest BCUT2D eigenvalue weighted by atomic mass is 10.1. The molecule has 1 N–H and O–H groups in total. The van der Waals surface area contributed by atoms with Crippen LogP contribution in [0.1, 0.15) is 12.0 Å². The third-order valence-electron chi connectivity index (χ3n) is 1.79. The molecule has 0 aromatic heterocycles. The quantitative estimate of drug-likeness (QED) is 0.754. The van der Waals surface area contributed by atoms with Gasteiger partial charge in [-0.15, -0.1) is 0 Å². The zero-order valence-corrected chi connectivity index (χ0v) is 7.41. The first-order valence-corrected chi connectivity index (χ1v) is 4.32. The number of rotatable bonds is 4. The molecule has 0 amide bonds. The maximum Gasteiger partial charge on any atom is 0.121 e. The molecule has 1 aromatic carbocycles. The topological polar surface area (TPSA) is 20.2 Å². The Kier molecular flexibility index (Phi) is 4.19. The van der Waals surface area contributed by atoms with E-state index in [0.29, 0.717) is 6.42 Å². The number of hydrogen-bond acceptors (Lipinski definition) is 1. The lowest BCUT2D eigenvalue weighted by molar-refractivity contribution is 0.297. The number of aliphatic hydroxyl groups is 1. The van der Waals surface area contributed by atoms with Crippen LogP contribution in [0.5, 0.6) is 0 Å². The summed E-state index contributed by atoms with van der Waals surface area (Å²) in [6.07, 6.45) is 2.87. The molecule has 0 aliphatic rings. The van der Waals surface area contributed by atoms with Crippen LogP contribution in [0.3, 0.4) is 0 Å². The number of benzene rings is 1. The van der Waals surface area contributed by atoms with Gasteiger partial charge in [-0.3, -0.25) is 0 Å². The van der Waals surface area contributed by atoms with Crippen LogP contribution in [0.15, 0.2) is 42.2 Å². The van der Waals surface area contributed by atoms with Crippen LogP contribution in [0, 0.1) is 0 Å². The molecule has 0 spiro atoms. The molecule has 0 unspecified atom stereocenters. The van der Waals surface area contributed by atoms with Gasteiger partial charge in [-0.05, 0) is 18.4 Å². The van der Waals surface area contributed by atoms with E-state index in [2.05, 4.69) is 0 Å². The number of aryl methyl sites for hydroxylation is 1. The summed E-state index contributed by atoms with van der Waals surface area (Å²) in [7, 11) is 0. The van der Waals surface area contributed by atoms with Gasteiger partial charge in [0.1, 0.15) is 5.83 Å². The Morgan fingerprint density at radius 3 is 2.62 bits per heavy atom. The standard InChI is InChI=1S/C11H13FO/c12-11(9-13)8-4-7-10-5-2-1-3-6-10/h1-3,5-6,8,13H,4,7,9H2/b11-8-. The number of hydrogen-bond donors (Lipinski definition) is 1. The van der Waals surface area contributed by atoms with Gasteiger partial charge in [0.25, 0.3) is 0 Å². The third-order valence-corrected chi connectivity index (χ3v) is 1.79. The van der Waals surface area contributed by atoms with E-state index < -0.39 is 12.4 Å². The van der Waals surface area contributed by atoms with Crippen molar-refractivity contribution in [3.8, 4) is 0 Å². The van der Waals surface area contributed by atoms with E-state index in [-0.39, 0.29) is 0 Å². The van der Waals surface area contributed by atoms with Crippen molar-refractivity contribution in [3.63, 3.8) is 0 Å². The van der Waals surface area contributed by atoms with Gasteiger partial charge in [-0.1, -0.05) is 36.4 Å². The van der Waals surface area contributed by atoms with Crippen molar-refractivity contribution in [2.75, 3.05) is 6.61 Å². The van der Waals surface area contributed by atoms with Gasteiger partial charge in [0.2, 0.25) is 0 Å². The molecule has 0 bridgehead atoms. The average Bonchev–Trinajstić information content (AvgIpc) is 2.19. The number of halogens is 1. The highest BCUT2D eigenvalue weighted by molar-refractivity contribution is 5.15. The average molecular weight is 180 g/mol. The van der Waals surface area contributed by atoms with Crippen molar-refractivity contribution < 1.29 is 9.50 Å². The highest BCUT2D eigenvalue weighted by Gasteiger charge is 1.92. The van der Waals surface area contributed by atoms with Crippen LogP contribution in [-0.2, 0) is 6.42 Å². The molecule has 0 aliphatic carbocycles. The summed E-state index contributed by atoms with van der Waals surface area (Å²) in [6, 6.07) is 9.88. The molecule has 0 saturated heterocycles. The monoisotopic (exact) mass is 180 g/mol. The smallest absolute Gasteiger partial charge is 0.121 e. The third kappa shape index (κ3) is 3.85. The molecule has 0 radical (unpaired) electrons. The largest absolute Gasteiger partial charge is 0.389 e. The van der Waals surface area contributed by atoms with E-state index in [4.69, 9.17) is 5.11 Å². The molecule has 0 fully saturated rings. The van der Waals surface area contributed by atoms with Crippen LogP contribution in [0.4, 0.5) is 4.39 Å². The second-order valence-electron chi connectivity index (χ2n) is 2.83. The Balaban J connectivity index is 2.36. The number of aliphatic hydroxyl groups excluding tert-OH is 1. The Bertz CT molecular complexity index is 267. The summed E-state index contributed by atoms with van der Waals surface area (Å²) >= 11 is 0. The lowest BCUT2D eigenvalue weighted by Gasteiger charge is -1.96. The fourth-order valence-electron chi connectivity index (χ4n) is 1.10. The summed E-state index contributed by atoms with van der Waals surface area (Å²) in [5.74, 6) is -0.448. The molecule has 0 saturated carbocycles. The molecular weight excluding hydrogens is 167 g/mol. The molecular formula is C11H13FO. The first-order valence-electron chi connectivity index (χ1n) is 4.32. The first-order chi connectivity index (χ1) is 6.33. The second-order valence-corrected chi connectivity index (χ2v) is 2.83. The molecule has 0 aliphatic heterocycles. The van der Waals surface area contributed by atoms with Crippen molar-refractivity contribution in [2.45, 2.75) is 12.8 Å². The summed E-state index contributed by atoms with van der Waals surface area (Å²) in [6.45, 7) is -0.491. The minimum Gasteiger partial charge on any atom is -0.389 e. The lowest BCUT2D eigenvalue weighted by Crippen LogP contribution is -1.85. The minimum atomic E-state index is -0.491. The van der Waals surface area contributed by atoms with Gasteiger partial charge in [0.05, 0.1) is 6.61 Å². The van der Waals surface area contributed by atoms with Gasteiger partial charge in [-0.2, -0.15) is 0 Å². The van der Waals surface area contributed by atoms with Crippen LogP contribution in [0.2, 0.25) is 0 Å². The van der Waals surface area contributed by atoms with E-state index in [0.717, 1.165) is 6.42 Å². The summed E-state index contributed by atoms with van der Waals surface area (Å²) in [5.41, 5.74) is 1.18. The predicted molar refractivity (Wildman–Crippen MR) is 51.0 cm³/mol. The van der Waals surface area contributed by atoms with E-state index in [1.807, 2.05) is 30.3 Å². The van der Waals surface area contributed by atoms with Gasteiger partial charge >= 0.3 is 0 Å². The highest BCUT2D eigenvalue weighted by Crippen LogP contribution is 2.05. The zero-order chi connectivity index (χ0) is 9.52. The molecule has 1 rings (SSSR count). The number of allylic oxidation sites excluding steroid dienone is 1. The summed E-state index contributed by atoms with van der Waals surface area (Å²) in [5, 5.41) is 8.39. The molecule has 2 heteroatoms. The Morgan fingerprint density at radius 2 is 2.00 bits per heavy atom. The first kappa shape index (κ1) is 9.93. The SMILES string of the molecule is OC/C(F)=C/CCc1ccccc1. The maximum atomic E-state index is 12.4. The van der Waals surface area contributed by atoms with Gasteiger partial charge in [-0.25, -0.2) is 4.39 Å². The normalized spacial score (nSPS) is 11.7. The van der Waals surface area contributed by atoms with Crippen molar-refractivity contribution in [2.24, 2.45) is 0 Å². The minimum absolute atomic E-state index is 0.448. The molecule has 1 nitrogen and oxygen atoms in total. The van der Waals surface area contributed by atoms with Gasteiger partial charge in [0, 0.05) is 0 Å². The fourth-order valence-corrected chi connectivity index (χ4v) is 1.10. The second kappa shape index (κ2) is 5.49. The Labute approximate surface area is 77.5 Å². The zero-order valence-electron chi connectivity index (χ0n) is 7.41. The molecule has 13 heavy (non-hydrogen) atoms. The molecule has 1 aromatic rings. The van der Waals surface area contributed by atoms with Crippen LogP contribution >= 0.6 is 0 Å². The van der Waals surface area contributed by atoms with Gasteiger partial charge in [0.15, 0.2) is 0 Å². The van der Waals surface area contributed by atoms with Crippen molar-refractivity contribution in [3.05, 3.63) is 47.8 Å². The van der Waals surface area contributed by atoms with E-state index in [9.17, 15) is 4.39 Å². The van der Waals surface area contributed by atoms with Crippen molar-refractivity contribution in [1.29, 1.82) is 0 Å². The van der Waals surface area contributed by atoms with E-state index in [1.165, 1.54) is 11.6 Å². The highest BCUT2D eigenvalue weighted by atomic mass is 19.1. The van der Waals surface area contributed by atoms with Crippen molar-refractivity contribution in [1.82, 2.24) is 0 Å². The van der Waals surface area contributed by atoms with Crippen molar-refractivity contribution >= 4 is 0 Å². The van der Waals surface area contributed by atoms with Crippen LogP contribution in [-0.4, -0.2) is 11.7 Å². The maximum absolute atomic E-state index is 12.4. The van der Waals surface area contributed by atoms with Gasteiger partial charge < -0.3 is 5.11 Å². The van der Waals surface area contributed by atoms with Crippen LogP contribution < -0.4 is 0 Å². The van der Waals surface area contributed by atoms with Crippen LogP contribution in [0.25, 0.3) is 0 Å². The predicted octanol–water partition coefficient (Wildman–Crippen LogP) is 2.46. The summed E-state index contributed by atoms with van der Waals surface area (Å²) < 4.78 is 12.4. The molecule has 70 valence electrons. The Morgan fingerprint density at radius 1 is 1.31 bits per heavy atom. The molecule has 0 heterocycles.